The SMILES string of the molecule is CCCCCC(C)(CN)N1CCOC2CCCCC21. The van der Waals surface area contributed by atoms with E-state index in [4.69, 9.17) is 10.5 Å². The largest absolute Gasteiger partial charge is 0.375 e. The first-order chi connectivity index (χ1) is 9.21. The van der Waals surface area contributed by atoms with E-state index < -0.39 is 0 Å². The van der Waals surface area contributed by atoms with Crippen LogP contribution in [0.1, 0.15) is 65.2 Å². The van der Waals surface area contributed by atoms with Crippen LogP contribution in [0.15, 0.2) is 0 Å². The molecular weight excluding hydrogens is 236 g/mol. The monoisotopic (exact) mass is 268 g/mol. The van der Waals surface area contributed by atoms with Gasteiger partial charge in [0.05, 0.1) is 12.7 Å². The van der Waals surface area contributed by atoms with E-state index in [9.17, 15) is 0 Å². The highest BCUT2D eigenvalue weighted by Gasteiger charge is 2.42. The van der Waals surface area contributed by atoms with Crippen molar-refractivity contribution >= 4 is 0 Å². The molecule has 3 unspecified atom stereocenters. The Hall–Kier alpha value is -0.120. The molecule has 0 radical (unpaired) electrons. The molecule has 2 aliphatic rings. The van der Waals surface area contributed by atoms with Crippen molar-refractivity contribution in [3.8, 4) is 0 Å². The van der Waals surface area contributed by atoms with Crippen LogP contribution in [-0.4, -0.2) is 42.3 Å². The van der Waals surface area contributed by atoms with Crippen LogP contribution >= 0.6 is 0 Å². The van der Waals surface area contributed by atoms with E-state index in [0.29, 0.717) is 12.1 Å². The summed E-state index contributed by atoms with van der Waals surface area (Å²) in [5.74, 6) is 0. The fourth-order valence-corrected chi connectivity index (χ4v) is 3.89. The molecule has 1 heterocycles. The molecule has 112 valence electrons. The summed E-state index contributed by atoms with van der Waals surface area (Å²) in [4.78, 5) is 2.70. The molecule has 1 saturated heterocycles. The number of hydrogen-bond donors (Lipinski definition) is 1. The van der Waals surface area contributed by atoms with Crippen LogP contribution in [-0.2, 0) is 4.74 Å². The lowest BCUT2D eigenvalue weighted by Gasteiger charge is -2.52. The third-order valence-electron chi connectivity index (χ3n) is 5.18. The van der Waals surface area contributed by atoms with Crippen LogP contribution in [0.3, 0.4) is 0 Å². The maximum Gasteiger partial charge on any atom is 0.0731 e. The van der Waals surface area contributed by atoms with Crippen molar-refractivity contribution in [3.05, 3.63) is 0 Å². The zero-order chi connectivity index (χ0) is 13.7. The van der Waals surface area contributed by atoms with Crippen molar-refractivity contribution in [3.63, 3.8) is 0 Å². The van der Waals surface area contributed by atoms with Gasteiger partial charge in [-0.3, -0.25) is 4.90 Å². The molecule has 0 aromatic carbocycles. The topological polar surface area (TPSA) is 38.5 Å². The van der Waals surface area contributed by atoms with Crippen LogP contribution in [0.2, 0.25) is 0 Å². The molecule has 0 amide bonds. The van der Waals surface area contributed by atoms with Crippen molar-refractivity contribution in [2.24, 2.45) is 5.73 Å². The van der Waals surface area contributed by atoms with Gasteiger partial charge >= 0.3 is 0 Å². The standard InChI is InChI=1S/C16H32N2O/c1-3-4-7-10-16(2,13-17)18-11-12-19-15-9-6-5-8-14(15)18/h14-15H,3-13,17H2,1-2H3. The van der Waals surface area contributed by atoms with E-state index in [1.54, 1.807) is 0 Å². The van der Waals surface area contributed by atoms with Crippen LogP contribution in [0.25, 0.3) is 0 Å². The molecule has 19 heavy (non-hydrogen) atoms. The third kappa shape index (κ3) is 3.50. The number of rotatable bonds is 6. The van der Waals surface area contributed by atoms with Crippen molar-refractivity contribution < 1.29 is 4.74 Å². The number of unbranched alkanes of at least 4 members (excludes halogenated alkanes) is 2. The first-order valence-electron chi connectivity index (χ1n) is 8.29. The van der Waals surface area contributed by atoms with Crippen molar-refractivity contribution in [2.75, 3.05) is 19.7 Å². The molecule has 0 aromatic rings. The molecule has 2 rings (SSSR count). The van der Waals surface area contributed by atoms with E-state index in [0.717, 1.165) is 19.7 Å². The molecule has 3 heteroatoms. The molecule has 2 fully saturated rings. The number of fused-ring (bicyclic) bond motifs is 1. The van der Waals surface area contributed by atoms with Crippen LogP contribution in [0.5, 0.6) is 0 Å². The Balaban J connectivity index is 2.02. The molecule has 0 bridgehead atoms. The Kier molecular flexibility index (Phi) is 5.67. The van der Waals surface area contributed by atoms with Gasteiger partial charge in [-0.05, 0) is 26.2 Å². The summed E-state index contributed by atoms with van der Waals surface area (Å²) >= 11 is 0. The maximum absolute atomic E-state index is 6.16. The minimum atomic E-state index is 0.180. The summed E-state index contributed by atoms with van der Waals surface area (Å²) in [6, 6.07) is 0.623. The summed E-state index contributed by atoms with van der Waals surface area (Å²) in [5.41, 5.74) is 6.34. The molecular formula is C16H32N2O. The average Bonchev–Trinajstić information content (AvgIpc) is 2.46. The molecule has 0 aromatic heterocycles. The van der Waals surface area contributed by atoms with E-state index in [1.165, 1.54) is 51.4 Å². The first kappa shape index (κ1) is 15.3. The number of nitrogens with two attached hydrogens (primary N) is 1. The van der Waals surface area contributed by atoms with Crippen LogP contribution in [0.4, 0.5) is 0 Å². The number of nitrogens with zero attached hydrogens (tertiary/aromatic N) is 1. The van der Waals surface area contributed by atoms with Gasteiger partial charge in [0.25, 0.3) is 0 Å². The van der Waals surface area contributed by atoms with Gasteiger partial charge in [-0.1, -0.05) is 39.0 Å². The Labute approximate surface area is 118 Å². The molecule has 2 N–H and O–H groups in total. The predicted octanol–water partition coefficient (Wildman–Crippen LogP) is 2.93. The lowest BCUT2D eigenvalue weighted by molar-refractivity contribution is -0.123. The fourth-order valence-electron chi connectivity index (χ4n) is 3.89. The summed E-state index contributed by atoms with van der Waals surface area (Å²) in [5, 5.41) is 0. The molecule has 3 atom stereocenters. The van der Waals surface area contributed by atoms with E-state index in [2.05, 4.69) is 18.7 Å². The van der Waals surface area contributed by atoms with E-state index in [-0.39, 0.29) is 5.54 Å². The van der Waals surface area contributed by atoms with Gasteiger partial charge in [0.1, 0.15) is 0 Å². The van der Waals surface area contributed by atoms with Gasteiger partial charge in [0.15, 0.2) is 0 Å². The first-order valence-corrected chi connectivity index (χ1v) is 8.29. The summed E-state index contributed by atoms with van der Waals surface area (Å²) in [6.45, 7) is 7.39. The van der Waals surface area contributed by atoms with Crippen LogP contribution < -0.4 is 5.73 Å². The van der Waals surface area contributed by atoms with Gasteiger partial charge in [0.2, 0.25) is 0 Å². The molecule has 1 aliphatic heterocycles. The quantitative estimate of drug-likeness (QED) is 0.753. The smallest absolute Gasteiger partial charge is 0.0731 e. The minimum absolute atomic E-state index is 0.180. The van der Waals surface area contributed by atoms with Gasteiger partial charge in [-0.15, -0.1) is 0 Å². The lowest BCUT2D eigenvalue weighted by Crippen LogP contribution is -2.63. The molecule has 1 saturated carbocycles. The van der Waals surface area contributed by atoms with Crippen molar-refractivity contribution in [2.45, 2.75) is 82.9 Å². The lowest BCUT2D eigenvalue weighted by atomic mass is 9.84. The van der Waals surface area contributed by atoms with Crippen LogP contribution in [0, 0.1) is 0 Å². The second kappa shape index (κ2) is 7.05. The highest BCUT2D eigenvalue weighted by atomic mass is 16.5. The molecule has 0 spiro atoms. The average molecular weight is 268 g/mol. The van der Waals surface area contributed by atoms with Gasteiger partial charge < -0.3 is 10.5 Å². The van der Waals surface area contributed by atoms with Gasteiger partial charge in [-0.25, -0.2) is 0 Å². The van der Waals surface area contributed by atoms with Crippen molar-refractivity contribution in [1.29, 1.82) is 0 Å². The van der Waals surface area contributed by atoms with E-state index >= 15 is 0 Å². The Morgan fingerprint density at radius 1 is 1.26 bits per heavy atom. The molecule has 1 aliphatic carbocycles. The zero-order valence-corrected chi connectivity index (χ0v) is 12.9. The minimum Gasteiger partial charge on any atom is -0.375 e. The van der Waals surface area contributed by atoms with Gasteiger partial charge in [0, 0.05) is 24.7 Å². The van der Waals surface area contributed by atoms with Crippen molar-refractivity contribution in [1.82, 2.24) is 4.90 Å². The molecule has 3 nitrogen and oxygen atoms in total. The highest BCUT2D eigenvalue weighted by Crippen LogP contribution is 2.34. The van der Waals surface area contributed by atoms with E-state index in [1.807, 2.05) is 0 Å². The normalized spacial score (nSPS) is 31.7. The fraction of sp³-hybridized carbons (Fsp3) is 1.00. The second-order valence-electron chi connectivity index (χ2n) is 6.61. The third-order valence-corrected chi connectivity index (χ3v) is 5.18. The highest BCUT2D eigenvalue weighted by molar-refractivity contribution is 4.97. The second-order valence-corrected chi connectivity index (χ2v) is 6.61. The number of hydrogen-bond acceptors (Lipinski definition) is 3. The summed E-state index contributed by atoms with van der Waals surface area (Å²) in [7, 11) is 0. The predicted molar refractivity (Wildman–Crippen MR) is 80.3 cm³/mol. The van der Waals surface area contributed by atoms with Gasteiger partial charge in [-0.2, -0.15) is 0 Å². The maximum atomic E-state index is 6.16. The Morgan fingerprint density at radius 3 is 2.79 bits per heavy atom. The summed E-state index contributed by atoms with van der Waals surface area (Å²) in [6.07, 6.45) is 10.9. The number of morpholine rings is 1. The number of ether oxygens (including phenoxy) is 1. The zero-order valence-electron chi connectivity index (χ0n) is 12.9. The Morgan fingerprint density at radius 2 is 2.05 bits per heavy atom. The summed E-state index contributed by atoms with van der Waals surface area (Å²) < 4.78 is 5.99. The Bertz CT molecular complexity index is 269.